The molecule has 0 fully saturated rings. The van der Waals surface area contributed by atoms with Gasteiger partial charge in [-0.2, -0.15) is 0 Å². The molecule has 0 saturated carbocycles. The van der Waals surface area contributed by atoms with Gasteiger partial charge in [0.05, 0.1) is 13.2 Å². The fourth-order valence-corrected chi connectivity index (χ4v) is 3.08. The first kappa shape index (κ1) is 13.2. The molecule has 2 aromatic rings. The Kier molecular flexibility index (Phi) is 3.49. The van der Waals surface area contributed by atoms with Crippen LogP contribution in [0.1, 0.15) is 33.9 Å². The monoisotopic (exact) mass is 267 g/mol. The molecular weight excluding hydrogens is 246 g/mol. The first-order valence-corrected chi connectivity index (χ1v) is 7.16. The molecule has 2 heteroatoms. The van der Waals surface area contributed by atoms with E-state index in [-0.39, 0.29) is 6.04 Å². The largest absolute Gasteiger partial charge is 0.497 e. The van der Waals surface area contributed by atoms with Crippen molar-refractivity contribution < 1.29 is 4.74 Å². The van der Waals surface area contributed by atoms with Crippen LogP contribution in [0, 0.1) is 13.8 Å². The normalized spacial score (nSPS) is 17.6. The molecule has 2 nitrogen and oxygen atoms in total. The van der Waals surface area contributed by atoms with Crippen LogP contribution in [-0.4, -0.2) is 13.7 Å². The Morgan fingerprint density at radius 2 is 1.90 bits per heavy atom. The van der Waals surface area contributed by atoms with Crippen LogP contribution in [0.3, 0.4) is 0 Å². The predicted molar refractivity (Wildman–Crippen MR) is 82.5 cm³/mol. The van der Waals surface area contributed by atoms with Crippen molar-refractivity contribution in [1.82, 2.24) is 5.32 Å². The van der Waals surface area contributed by atoms with Gasteiger partial charge in [-0.25, -0.2) is 0 Å². The molecule has 1 atom stereocenters. The van der Waals surface area contributed by atoms with Crippen LogP contribution in [0.2, 0.25) is 0 Å². The minimum atomic E-state index is 0.273. The van der Waals surface area contributed by atoms with Gasteiger partial charge in [-0.3, -0.25) is 0 Å². The van der Waals surface area contributed by atoms with Crippen LogP contribution >= 0.6 is 0 Å². The Morgan fingerprint density at radius 1 is 1.05 bits per heavy atom. The molecule has 0 spiro atoms. The van der Waals surface area contributed by atoms with Gasteiger partial charge in [0.15, 0.2) is 0 Å². The van der Waals surface area contributed by atoms with Crippen LogP contribution in [0.25, 0.3) is 0 Å². The van der Waals surface area contributed by atoms with Crippen molar-refractivity contribution >= 4 is 0 Å². The fraction of sp³-hybridized carbons (Fsp3) is 0.333. The van der Waals surface area contributed by atoms with Crippen LogP contribution in [0.5, 0.6) is 5.75 Å². The molecular formula is C18H21NO. The molecule has 1 aliphatic heterocycles. The molecule has 0 radical (unpaired) electrons. The summed E-state index contributed by atoms with van der Waals surface area (Å²) >= 11 is 0. The summed E-state index contributed by atoms with van der Waals surface area (Å²) in [5.41, 5.74) is 6.80. The lowest BCUT2D eigenvalue weighted by atomic mass is 9.87. The number of hydrogen-bond acceptors (Lipinski definition) is 2. The van der Waals surface area contributed by atoms with Gasteiger partial charge < -0.3 is 10.1 Å². The van der Waals surface area contributed by atoms with E-state index in [1.165, 1.54) is 27.8 Å². The minimum absolute atomic E-state index is 0.273. The summed E-state index contributed by atoms with van der Waals surface area (Å²) < 4.78 is 5.39. The lowest BCUT2D eigenvalue weighted by Crippen LogP contribution is -2.31. The number of hydrogen-bond donors (Lipinski definition) is 1. The van der Waals surface area contributed by atoms with Gasteiger partial charge in [-0.15, -0.1) is 0 Å². The number of nitrogens with one attached hydrogen (secondary N) is 1. The lowest BCUT2D eigenvalue weighted by Gasteiger charge is -2.29. The third kappa shape index (κ3) is 2.32. The van der Waals surface area contributed by atoms with Gasteiger partial charge in [-0.1, -0.05) is 29.8 Å². The van der Waals surface area contributed by atoms with Crippen LogP contribution in [0.15, 0.2) is 36.4 Å². The Hall–Kier alpha value is -1.80. The predicted octanol–water partition coefficient (Wildman–Crippen LogP) is 3.55. The average molecular weight is 267 g/mol. The van der Waals surface area contributed by atoms with Crippen molar-refractivity contribution in [1.29, 1.82) is 0 Å². The number of ether oxygens (including phenoxy) is 1. The first-order valence-electron chi connectivity index (χ1n) is 7.16. The van der Waals surface area contributed by atoms with Gasteiger partial charge in [0.2, 0.25) is 0 Å². The smallest absolute Gasteiger partial charge is 0.119 e. The van der Waals surface area contributed by atoms with Crippen LogP contribution in [-0.2, 0) is 6.42 Å². The summed E-state index contributed by atoms with van der Waals surface area (Å²) in [7, 11) is 1.73. The van der Waals surface area contributed by atoms with Gasteiger partial charge in [-0.05, 0) is 54.7 Å². The van der Waals surface area contributed by atoms with Gasteiger partial charge in [0.25, 0.3) is 0 Å². The SMILES string of the molecule is COc1ccc2c(c1)C(c1ccc(C)cc1C)NCC2. The van der Waals surface area contributed by atoms with E-state index in [1.54, 1.807) is 7.11 Å². The lowest BCUT2D eigenvalue weighted by molar-refractivity contribution is 0.412. The second-order valence-corrected chi connectivity index (χ2v) is 5.56. The molecule has 1 unspecified atom stereocenters. The van der Waals surface area contributed by atoms with E-state index in [1.807, 2.05) is 0 Å². The number of fused-ring (bicyclic) bond motifs is 1. The van der Waals surface area contributed by atoms with Crippen molar-refractivity contribution in [2.45, 2.75) is 26.3 Å². The van der Waals surface area contributed by atoms with Crippen molar-refractivity contribution in [2.24, 2.45) is 0 Å². The minimum Gasteiger partial charge on any atom is -0.497 e. The summed E-state index contributed by atoms with van der Waals surface area (Å²) in [5, 5.41) is 3.65. The Morgan fingerprint density at radius 3 is 2.65 bits per heavy atom. The standard InChI is InChI=1S/C18H21NO/c1-12-4-7-16(13(2)10-12)18-17-11-15(20-3)6-5-14(17)8-9-19-18/h4-7,10-11,18-19H,8-9H2,1-3H3. The first-order chi connectivity index (χ1) is 9.69. The molecule has 0 aliphatic carbocycles. The summed E-state index contributed by atoms with van der Waals surface area (Å²) in [4.78, 5) is 0. The van der Waals surface area contributed by atoms with Crippen molar-refractivity contribution in [2.75, 3.05) is 13.7 Å². The topological polar surface area (TPSA) is 21.3 Å². The van der Waals surface area contributed by atoms with Gasteiger partial charge >= 0.3 is 0 Å². The maximum Gasteiger partial charge on any atom is 0.119 e. The van der Waals surface area contributed by atoms with Gasteiger partial charge in [0, 0.05) is 6.54 Å². The average Bonchev–Trinajstić information content (AvgIpc) is 2.46. The van der Waals surface area contributed by atoms with Crippen molar-refractivity contribution in [3.05, 3.63) is 64.2 Å². The van der Waals surface area contributed by atoms with E-state index in [0.717, 1.165) is 18.7 Å². The van der Waals surface area contributed by atoms with E-state index in [0.29, 0.717) is 0 Å². The second kappa shape index (κ2) is 5.29. The molecule has 3 rings (SSSR count). The zero-order valence-electron chi connectivity index (χ0n) is 12.4. The number of methoxy groups -OCH3 is 1. The fourth-order valence-electron chi connectivity index (χ4n) is 3.08. The third-order valence-electron chi connectivity index (χ3n) is 4.14. The van der Waals surface area contributed by atoms with Crippen LogP contribution in [0.4, 0.5) is 0 Å². The quantitative estimate of drug-likeness (QED) is 0.898. The molecule has 0 bridgehead atoms. The molecule has 1 heterocycles. The van der Waals surface area contributed by atoms with E-state index < -0.39 is 0 Å². The molecule has 2 aromatic carbocycles. The molecule has 104 valence electrons. The number of aryl methyl sites for hydroxylation is 2. The molecule has 1 N–H and O–H groups in total. The molecule has 0 amide bonds. The highest BCUT2D eigenvalue weighted by Gasteiger charge is 2.22. The van der Waals surface area contributed by atoms with E-state index in [4.69, 9.17) is 4.74 Å². The van der Waals surface area contributed by atoms with Crippen LogP contribution < -0.4 is 10.1 Å². The van der Waals surface area contributed by atoms with E-state index in [2.05, 4.69) is 55.6 Å². The summed E-state index contributed by atoms with van der Waals surface area (Å²) in [6.07, 6.45) is 1.08. The highest BCUT2D eigenvalue weighted by Crippen LogP contribution is 2.33. The van der Waals surface area contributed by atoms with E-state index in [9.17, 15) is 0 Å². The maximum absolute atomic E-state index is 5.39. The second-order valence-electron chi connectivity index (χ2n) is 5.56. The Labute approximate surface area is 120 Å². The molecule has 0 aromatic heterocycles. The maximum atomic E-state index is 5.39. The highest BCUT2D eigenvalue weighted by molar-refractivity contribution is 5.46. The summed E-state index contributed by atoms with van der Waals surface area (Å²) in [6.45, 7) is 5.36. The summed E-state index contributed by atoms with van der Waals surface area (Å²) in [6, 6.07) is 13.4. The molecule has 0 saturated heterocycles. The number of rotatable bonds is 2. The summed E-state index contributed by atoms with van der Waals surface area (Å²) in [5.74, 6) is 0.933. The Balaban J connectivity index is 2.08. The van der Waals surface area contributed by atoms with Gasteiger partial charge in [0.1, 0.15) is 5.75 Å². The third-order valence-corrected chi connectivity index (χ3v) is 4.14. The zero-order chi connectivity index (χ0) is 14.1. The zero-order valence-corrected chi connectivity index (χ0v) is 12.4. The number of benzene rings is 2. The molecule has 1 aliphatic rings. The Bertz CT molecular complexity index is 633. The van der Waals surface area contributed by atoms with Crippen molar-refractivity contribution in [3.63, 3.8) is 0 Å². The van der Waals surface area contributed by atoms with Crippen molar-refractivity contribution in [3.8, 4) is 5.75 Å². The van der Waals surface area contributed by atoms with E-state index >= 15 is 0 Å². The highest BCUT2D eigenvalue weighted by atomic mass is 16.5. The molecule has 20 heavy (non-hydrogen) atoms.